The van der Waals surface area contributed by atoms with Gasteiger partial charge in [-0.25, -0.2) is 4.98 Å². The second-order valence-corrected chi connectivity index (χ2v) is 6.80. The molecule has 0 aliphatic carbocycles. The van der Waals surface area contributed by atoms with Crippen molar-refractivity contribution < 1.29 is 4.52 Å². The van der Waals surface area contributed by atoms with E-state index in [9.17, 15) is 0 Å². The zero-order valence-corrected chi connectivity index (χ0v) is 14.4. The van der Waals surface area contributed by atoms with E-state index in [0.29, 0.717) is 11.7 Å². The van der Waals surface area contributed by atoms with Crippen LogP contribution in [-0.2, 0) is 0 Å². The van der Waals surface area contributed by atoms with E-state index >= 15 is 0 Å². The lowest BCUT2D eigenvalue weighted by Gasteiger charge is -2.23. The number of hydrogen-bond donors (Lipinski definition) is 0. The van der Waals surface area contributed by atoms with Gasteiger partial charge in [-0.05, 0) is 37.4 Å². The summed E-state index contributed by atoms with van der Waals surface area (Å²) >= 11 is 0. The van der Waals surface area contributed by atoms with Crippen molar-refractivity contribution in [3.05, 3.63) is 24.2 Å². The summed E-state index contributed by atoms with van der Waals surface area (Å²) in [7, 11) is 3.94. The van der Waals surface area contributed by atoms with Crippen molar-refractivity contribution >= 4 is 5.82 Å². The highest BCUT2D eigenvalue weighted by Crippen LogP contribution is 2.32. The van der Waals surface area contributed by atoms with Gasteiger partial charge in [0.1, 0.15) is 5.82 Å². The van der Waals surface area contributed by atoms with E-state index in [-0.39, 0.29) is 6.04 Å². The van der Waals surface area contributed by atoms with E-state index in [1.165, 1.54) is 6.42 Å². The number of hydrogen-bond acceptors (Lipinski definition) is 6. The maximum absolute atomic E-state index is 5.55. The lowest BCUT2D eigenvalue weighted by Crippen LogP contribution is -2.27. The quantitative estimate of drug-likeness (QED) is 0.845. The second-order valence-electron chi connectivity index (χ2n) is 6.80. The molecule has 124 valence electrons. The zero-order chi connectivity index (χ0) is 16.4. The van der Waals surface area contributed by atoms with E-state index in [4.69, 9.17) is 4.52 Å². The molecule has 0 aromatic carbocycles. The Morgan fingerprint density at radius 3 is 2.83 bits per heavy atom. The molecule has 0 radical (unpaired) electrons. The molecule has 0 N–H and O–H groups in total. The Morgan fingerprint density at radius 1 is 1.35 bits per heavy atom. The van der Waals surface area contributed by atoms with Crippen molar-refractivity contribution in [2.24, 2.45) is 5.92 Å². The summed E-state index contributed by atoms with van der Waals surface area (Å²) in [5.41, 5.74) is 0.888. The molecule has 2 aromatic heterocycles. The highest BCUT2D eigenvalue weighted by molar-refractivity contribution is 5.55. The van der Waals surface area contributed by atoms with Crippen LogP contribution in [0.2, 0.25) is 0 Å². The lowest BCUT2D eigenvalue weighted by molar-refractivity contribution is 0.189. The minimum absolute atomic E-state index is 0.257. The van der Waals surface area contributed by atoms with Crippen molar-refractivity contribution in [2.45, 2.75) is 32.7 Å². The van der Waals surface area contributed by atoms with Crippen LogP contribution >= 0.6 is 0 Å². The summed E-state index contributed by atoms with van der Waals surface area (Å²) in [6.45, 7) is 6.67. The molecule has 23 heavy (non-hydrogen) atoms. The Kier molecular flexibility index (Phi) is 4.61. The minimum atomic E-state index is 0.257. The van der Waals surface area contributed by atoms with Crippen LogP contribution in [0, 0.1) is 5.92 Å². The average Bonchev–Trinajstić information content (AvgIpc) is 3.15. The first-order chi connectivity index (χ1) is 11.0. The number of nitrogens with zero attached hydrogens (tertiary/aromatic N) is 5. The first-order valence-electron chi connectivity index (χ1n) is 8.26. The highest BCUT2D eigenvalue weighted by Gasteiger charge is 2.31. The summed E-state index contributed by atoms with van der Waals surface area (Å²) in [5, 5.41) is 4.15. The molecule has 1 saturated heterocycles. The number of anilines is 1. The predicted octanol–water partition coefficient (Wildman–Crippen LogP) is 2.99. The maximum Gasteiger partial charge on any atom is 0.244 e. The zero-order valence-electron chi connectivity index (χ0n) is 14.4. The van der Waals surface area contributed by atoms with Gasteiger partial charge in [-0.15, -0.1) is 0 Å². The molecule has 6 nitrogen and oxygen atoms in total. The smallest absolute Gasteiger partial charge is 0.244 e. The number of rotatable bonds is 5. The molecule has 1 unspecified atom stereocenters. The van der Waals surface area contributed by atoms with Crippen LogP contribution in [0.25, 0.3) is 11.4 Å². The van der Waals surface area contributed by atoms with Crippen molar-refractivity contribution in [3.8, 4) is 11.4 Å². The molecule has 1 aliphatic heterocycles. The SMILES string of the molecule is CC(C)CN1CCCC1c1nc(-c2ccc(N(C)C)nc2)no1. The van der Waals surface area contributed by atoms with E-state index < -0.39 is 0 Å². The molecule has 3 rings (SSSR count). The Bertz CT molecular complexity index is 635. The fraction of sp³-hybridized carbons (Fsp3) is 0.588. The van der Waals surface area contributed by atoms with Gasteiger partial charge in [0.15, 0.2) is 0 Å². The van der Waals surface area contributed by atoms with Gasteiger partial charge >= 0.3 is 0 Å². The Morgan fingerprint density at radius 2 is 2.17 bits per heavy atom. The summed E-state index contributed by atoms with van der Waals surface area (Å²) in [6, 6.07) is 4.21. The Labute approximate surface area is 137 Å². The first-order valence-corrected chi connectivity index (χ1v) is 8.26. The molecule has 0 spiro atoms. The summed E-state index contributed by atoms with van der Waals surface area (Å²) in [6.07, 6.45) is 4.07. The van der Waals surface area contributed by atoms with Gasteiger partial charge in [0.2, 0.25) is 11.7 Å². The van der Waals surface area contributed by atoms with Gasteiger partial charge in [0, 0.05) is 32.4 Å². The number of pyridine rings is 1. The molecule has 1 atom stereocenters. The van der Waals surface area contributed by atoms with Crippen LogP contribution in [-0.4, -0.2) is 47.2 Å². The van der Waals surface area contributed by atoms with Gasteiger partial charge in [0.25, 0.3) is 0 Å². The summed E-state index contributed by atoms with van der Waals surface area (Å²) in [5.74, 6) is 2.90. The third kappa shape index (κ3) is 3.52. The van der Waals surface area contributed by atoms with E-state index in [1.807, 2.05) is 31.1 Å². The van der Waals surface area contributed by atoms with Gasteiger partial charge in [0.05, 0.1) is 6.04 Å². The number of likely N-dealkylation sites (tertiary alicyclic amines) is 1. The van der Waals surface area contributed by atoms with Crippen LogP contribution in [0.15, 0.2) is 22.9 Å². The molecule has 0 amide bonds. The van der Waals surface area contributed by atoms with Gasteiger partial charge in [-0.2, -0.15) is 4.98 Å². The fourth-order valence-corrected chi connectivity index (χ4v) is 3.06. The molecule has 0 bridgehead atoms. The van der Waals surface area contributed by atoms with Crippen LogP contribution in [0.4, 0.5) is 5.82 Å². The Hall–Kier alpha value is -1.95. The van der Waals surface area contributed by atoms with Gasteiger partial charge < -0.3 is 9.42 Å². The topological polar surface area (TPSA) is 58.3 Å². The standard InChI is InChI=1S/C17H25N5O/c1-12(2)11-22-9-5-6-14(22)17-19-16(20-23-17)13-7-8-15(18-10-13)21(3)4/h7-8,10,12,14H,5-6,9,11H2,1-4H3. The van der Waals surface area contributed by atoms with Gasteiger partial charge in [-0.3, -0.25) is 4.90 Å². The normalized spacial score (nSPS) is 18.7. The van der Waals surface area contributed by atoms with Crippen molar-refractivity contribution in [1.29, 1.82) is 0 Å². The molecule has 2 aromatic rings. The summed E-state index contributed by atoms with van der Waals surface area (Å²) < 4.78 is 5.55. The first kappa shape index (κ1) is 15.9. The highest BCUT2D eigenvalue weighted by atomic mass is 16.5. The van der Waals surface area contributed by atoms with E-state index in [0.717, 1.165) is 36.8 Å². The third-order valence-corrected chi connectivity index (χ3v) is 4.15. The molecular weight excluding hydrogens is 290 g/mol. The molecule has 1 fully saturated rings. The van der Waals surface area contributed by atoms with Crippen molar-refractivity contribution in [1.82, 2.24) is 20.0 Å². The maximum atomic E-state index is 5.55. The molecule has 3 heterocycles. The average molecular weight is 315 g/mol. The van der Waals surface area contributed by atoms with Gasteiger partial charge in [-0.1, -0.05) is 19.0 Å². The van der Waals surface area contributed by atoms with Crippen LogP contribution < -0.4 is 4.90 Å². The predicted molar refractivity (Wildman–Crippen MR) is 90.2 cm³/mol. The minimum Gasteiger partial charge on any atom is -0.363 e. The Balaban J connectivity index is 1.77. The largest absolute Gasteiger partial charge is 0.363 e. The van der Waals surface area contributed by atoms with Crippen LogP contribution in [0.3, 0.4) is 0 Å². The summed E-state index contributed by atoms with van der Waals surface area (Å²) in [4.78, 5) is 13.5. The monoisotopic (exact) mass is 315 g/mol. The van der Waals surface area contributed by atoms with Crippen molar-refractivity contribution in [2.75, 3.05) is 32.1 Å². The number of aromatic nitrogens is 3. The van der Waals surface area contributed by atoms with Crippen LogP contribution in [0.5, 0.6) is 0 Å². The van der Waals surface area contributed by atoms with E-state index in [2.05, 4.69) is 33.9 Å². The van der Waals surface area contributed by atoms with E-state index in [1.54, 1.807) is 6.20 Å². The molecule has 6 heteroatoms. The molecule has 0 saturated carbocycles. The fourth-order valence-electron chi connectivity index (χ4n) is 3.06. The van der Waals surface area contributed by atoms with Crippen molar-refractivity contribution in [3.63, 3.8) is 0 Å². The molecule has 1 aliphatic rings. The molecular formula is C17H25N5O. The second kappa shape index (κ2) is 6.66. The third-order valence-electron chi connectivity index (χ3n) is 4.15. The van der Waals surface area contributed by atoms with Crippen LogP contribution in [0.1, 0.15) is 38.6 Å². The lowest BCUT2D eigenvalue weighted by atomic mass is 10.1.